The Morgan fingerprint density at radius 3 is 2.90 bits per heavy atom. The summed E-state index contributed by atoms with van der Waals surface area (Å²) >= 11 is 1.21. The number of amides is 1. The Bertz CT molecular complexity index is 868. The van der Waals surface area contributed by atoms with E-state index in [1.165, 1.54) is 17.4 Å². The minimum atomic E-state index is -3.20. The van der Waals surface area contributed by atoms with Gasteiger partial charge in [0.05, 0.1) is 17.5 Å². The topological polar surface area (TPSA) is 102 Å². The maximum absolute atomic E-state index is 12.3. The van der Waals surface area contributed by atoms with Crippen molar-refractivity contribution in [2.75, 3.05) is 11.5 Å². The SMILES string of the molecule is Cc1ccnc2sc(C(=O)NC3C=CS(=O)(=O)C3)c(N)c12. The lowest BCUT2D eigenvalue weighted by molar-refractivity contribution is 0.0952. The van der Waals surface area contributed by atoms with Gasteiger partial charge < -0.3 is 11.1 Å². The number of aromatic nitrogens is 1. The van der Waals surface area contributed by atoms with Gasteiger partial charge in [0.15, 0.2) is 9.84 Å². The lowest BCUT2D eigenvalue weighted by Gasteiger charge is -2.09. The molecular formula is C13H13N3O3S2. The maximum atomic E-state index is 12.3. The van der Waals surface area contributed by atoms with Crippen LogP contribution in [0, 0.1) is 6.92 Å². The van der Waals surface area contributed by atoms with Gasteiger partial charge in [0, 0.05) is 17.0 Å². The van der Waals surface area contributed by atoms with Gasteiger partial charge in [-0.15, -0.1) is 11.3 Å². The van der Waals surface area contributed by atoms with Crippen LogP contribution >= 0.6 is 11.3 Å². The molecule has 0 fully saturated rings. The predicted molar refractivity (Wildman–Crippen MR) is 83.0 cm³/mol. The van der Waals surface area contributed by atoms with Gasteiger partial charge in [0.1, 0.15) is 9.71 Å². The third-order valence-electron chi connectivity index (χ3n) is 3.29. The largest absolute Gasteiger partial charge is 0.397 e. The zero-order chi connectivity index (χ0) is 15.2. The number of nitrogens with zero attached hydrogens (tertiary/aromatic N) is 1. The van der Waals surface area contributed by atoms with E-state index >= 15 is 0 Å². The zero-order valence-corrected chi connectivity index (χ0v) is 12.8. The summed E-state index contributed by atoms with van der Waals surface area (Å²) in [6.45, 7) is 1.90. The van der Waals surface area contributed by atoms with Crippen LogP contribution in [0.3, 0.4) is 0 Å². The molecule has 0 aromatic carbocycles. The Morgan fingerprint density at radius 2 is 2.29 bits per heavy atom. The molecule has 0 aliphatic carbocycles. The lowest BCUT2D eigenvalue weighted by atomic mass is 10.1. The van der Waals surface area contributed by atoms with Crippen LogP contribution in [0.1, 0.15) is 15.2 Å². The normalized spacial score (nSPS) is 20.0. The van der Waals surface area contributed by atoms with Crippen LogP contribution in [0.2, 0.25) is 0 Å². The first-order valence-corrected chi connectivity index (χ1v) is 8.76. The summed E-state index contributed by atoms with van der Waals surface area (Å²) in [5.74, 6) is -0.484. The van der Waals surface area contributed by atoms with Crippen LogP contribution in [-0.2, 0) is 9.84 Å². The molecule has 0 saturated carbocycles. The van der Waals surface area contributed by atoms with E-state index in [1.54, 1.807) is 6.20 Å². The smallest absolute Gasteiger partial charge is 0.264 e. The number of anilines is 1. The van der Waals surface area contributed by atoms with Gasteiger partial charge in [0.25, 0.3) is 5.91 Å². The van der Waals surface area contributed by atoms with Gasteiger partial charge in [-0.2, -0.15) is 0 Å². The van der Waals surface area contributed by atoms with Crippen LogP contribution in [0.25, 0.3) is 10.2 Å². The first-order chi connectivity index (χ1) is 9.87. The number of pyridine rings is 1. The monoisotopic (exact) mass is 323 g/mol. The van der Waals surface area contributed by atoms with Crippen LogP contribution < -0.4 is 11.1 Å². The number of hydrogen-bond donors (Lipinski definition) is 2. The molecule has 1 atom stereocenters. The summed E-state index contributed by atoms with van der Waals surface area (Å²) in [5, 5.41) is 4.57. The van der Waals surface area contributed by atoms with Gasteiger partial charge in [-0.1, -0.05) is 0 Å². The maximum Gasteiger partial charge on any atom is 0.264 e. The summed E-state index contributed by atoms with van der Waals surface area (Å²) in [6.07, 6.45) is 3.14. The minimum Gasteiger partial charge on any atom is -0.397 e. The quantitative estimate of drug-likeness (QED) is 0.865. The molecule has 0 spiro atoms. The molecule has 110 valence electrons. The van der Waals surface area contributed by atoms with E-state index in [4.69, 9.17) is 5.73 Å². The number of thiophene rings is 1. The fourth-order valence-electron chi connectivity index (χ4n) is 2.27. The molecule has 3 N–H and O–H groups in total. The molecule has 3 rings (SSSR count). The molecule has 1 amide bonds. The number of nitrogens with two attached hydrogens (primary N) is 1. The van der Waals surface area contributed by atoms with E-state index < -0.39 is 15.9 Å². The van der Waals surface area contributed by atoms with E-state index in [9.17, 15) is 13.2 Å². The Labute approximate surface area is 125 Å². The fourth-order valence-corrected chi connectivity index (χ4v) is 4.55. The summed E-state index contributed by atoms with van der Waals surface area (Å²) in [7, 11) is -3.20. The van der Waals surface area contributed by atoms with E-state index in [1.807, 2.05) is 13.0 Å². The van der Waals surface area contributed by atoms with Gasteiger partial charge in [-0.05, 0) is 24.6 Å². The molecule has 1 aliphatic rings. The van der Waals surface area contributed by atoms with Gasteiger partial charge >= 0.3 is 0 Å². The van der Waals surface area contributed by atoms with Crippen molar-refractivity contribution >= 4 is 43.0 Å². The number of sulfone groups is 1. The third kappa shape index (κ3) is 2.52. The third-order valence-corrected chi connectivity index (χ3v) is 5.80. The van der Waals surface area contributed by atoms with E-state index in [0.29, 0.717) is 15.4 Å². The Hall–Kier alpha value is -1.93. The molecule has 1 aliphatic heterocycles. The second-order valence-electron chi connectivity index (χ2n) is 4.89. The number of aryl methyl sites for hydroxylation is 1. The average Bonchev–Trinajstić information content (AvgIpc) is 2.91. The van der Waals surface area contributed by atoms with Gasteiger partial charge in [-0.25, -0.2) is 13.4 Å². The standard InChI is InChI=1S/C13H13N3O3S2/c1-7-2-4-15-13-9(7)10(14)11(20-13)12(17)16-8-3-5-21(18,19)6-8/h2-5,8H,6,14H2,1H3,(H,16,17). The number of nitrogens with one attached hydrogen (secondary N) is 1. The number of fused-ring (bicyclic) bond motifs is 1. The number of nitrogen functional groups attached to an aromatic ring is 1. The first kappa shape index (κ1) is 14.0. The highest BCUT2D eigenvalue weighted by Gasteiger charge is 2.25. The van der Waals surface area contributed by atoms with Gasteiger partial charge in [0.2, 0.25) is 0 Å². The summed E-state index contributed by atoms with van der Waals surface area (Å²) in [4.78, 5) is 17.6. The van der Waals surface area contributed by atoms with Crippen molar-refractivity contribution in [2.45, 2.75) is 13.0 Å². The molecule has 1 unspecified atom stereocenters. The Kier molecular flexibility index (Phi) is 3.22. The van der Waals surface area contributed by atoms with E-state index in [0.717, 1.165) is 16.4 Å². The molecule has 2 aromatic heterocycles. The van der Waals surface area contributed by atoms with E-state index in [2.05, 4.69) is 10.3 Å². The fraction of sp³-hybridized carbons (Fsp3) is 0.231. The van der Waals surface area contributed by atoms with Crippen LogP contribution in [-0.4, -0.2) is 31.1 Å². The van der Waals surface area contributed by atoms with Crippen molar-refractivity contribution in [2.24, 2.45) is 0 Å². The Balaban J connectivity index is 1.91. The molecule has 2 aromatic rings. The molecule has 21 heavy (non-hydrogen) atoms. The Morgan fingerprint density at radius 1 is 1.52 bits per heavy atom. The highest BCUT2D eigenvalue weighted by Crippen LogP contribution is 2.34. The van der Waals surface area contributed by atoms with Crippen LogP contribution in [0.4, 0.5) is 5.69 Å². The molecule has 6 nitrogen and oxygen atoms in total. The van der Waals surface area contributed by atoms with Gasteiger partial charge in [-0.3, -0.25) is 4.79 Å². The lowest BCUT2D eigenvalue weighted by Crippen LogP contribution is -2.35. The van der Waals surface area contributed by atoms with Crippen molar-refractivity contribution in [1.82, 2.24) is 10.3 Å². The number of carbonyl (C=O) groups excluding carboxylic acids is 1. The first-order valence-electron chi connectivity index (χ1n) is 6.23. The minimum absolute atomic E-state index is 0.110. The molecule has 8 heteroatoms. The zero-order valence-electron chi connectivity index (χ0n) is 11.2. The number of hydrogen-bond acceptors (Lipinski definition) is 6. The predicted octanol–water partition coefficient (Wildman–Crippen LogP) is 1.23. The second kappa shape index (κ2) is 4.81. The van der Waals surface area contributed by atoms with Crippen molar-refractivity contribution < 1.29 is 13.2 Å². The highest BCUT2D eigenvalue weighted by molar-refractivity contribution is 7.94. The van der Waals surface area contributed by atoms with Crippen LogP contribution in [0.5, 0.6) is 0 Å². The van der Waals surface area contributed by atoms with Crippen molar-refractivity contribution in [1.29, 1.82) is 0 Å². The van der Waals surface area contributed by atoms with Crippen molar-refractivity contribution in [3.63, 3.8) is 0 Å². The summed E-state index contributed by atoms with van der Waals surface area (Å²) in [6, 6.07) is 1.32. The molecule has 0 radical (unpaired) electrons. The average molecular weight is 323 g/mol. The summed E-state index contributed by atoms with van der Waals surface area (Å²) in [5.41, 5.74) is 7.39. The second-order valence-corrected chi connectivity index (χ2v) is 7.82. The molecule has 3 heterocycles. The molecule has 0 saturated heterocycles. The molecule has 0 bridgehead atoms. The number of rotatable bonds is 2. The van der Waals surface area contributed by atoms with Crippen molar-refractivity contribution in [3.05, 3.63) is 34.2 Å². The highest BCUT2D eigenvalue weighted by atomic mass is 32.2. The van der Waals surface area contributed by atoms with E-state index in [-0.39, 0.29) is 11.7 Å². The van der Waals surface area contributed by atoms with Crippen LogP contribution in [0.15, 0.2) is 23.7 Å². The van der Waals surface area contributed by atoms with Crippen molar-refractivity contribution in [3.8, 4) is 0 Å². The molecular weight excluding hydrogens is 310 g/mol. The number of carbonyl (C=O) groups is 1. The summed E-state index contributed by atoms with van der Waals surface area (Å²) < 4.78 is 22.7.